The molecule has 1 aromatic carbocycles. The number of halogens is 1. The molecule has 0 amide bonds. The lowest BCUT2D eigenvalue weighted by Crippen LogP contribution is -1.86. The first kappa shape index (κ1) is 9.03. The van der Waals surface area contributed by atoms with Crippen molar-refractivity contribution in [3.05, 3.63) is 53.7 Å². The smallest absolute Gasteiger partial charge is 0.219 e. The highest BCUT2D eigenvalue weighted by molar-refractivity contribution is 6.30. The largest absolute Gasteiger partial charge is 0.439 e. The van der Waals surface area contributed by atoms with E-state index in [1.54, 1.807) is 30.5 Å². The van der Waals surface area contributed by atoms with Crippen LogP contribution in [0.4, 0.5) is 0 Å². The Balaban J connectivity index is 2.16. The van der Waals surface area contributed by atoms with Crippen LogP contribution in [0.15, 0.2) is 42.6 Å². The molecule has 0 saturated carbocycles. The fraction of sp³-hybridized carbons (Fsp3) is 0. The van der Waals surface area contributed by atoms with Crippen LogP contribution in [0.25, 0.3) is 0 Å². The highest BCUT2D eigenvalue weighted by Crippen LogP contribution is 2.19. The van der Waals surface area contributed by atoms with Gasteiger partial charge in [0.2, 0.25) is 5.88 Å². The maximum atomic E-state index is 5.69. The molecule has 0 fully saturated rings. The predicted octanol–water partition coefficient (Wildman–Crippen LogP) is 3.33. The summed E-state index contributed by atoms with van der Waals surface area (Å²) in [4.78, 5) is 4.01. The van der Waals surface area contributed by atoms with Crippen LogP contribution >= 0.6 is 11.6 Å². The van der Waals surface area contributed by atoms with Gasteiger partial charge in [-0.2, -0.15) is 0 Å². The predicted molar refractivity (Wildman–Crippen MR) is 54.6 cm³/mol. The third kappa shape index (κ3) is 2.24. The number of hydrogen-bond acceptors (Lipinski definition) is 2. The molecule has 2 aromatic rings. The van der Waals surface area contributed by atoms with Crippen LogP contribution in [-0.2, 0) is 0 Å². The Hall–Kier alpha value is -1.54. The minimum Gasteiger partial charge on any atom is -0.439 e. The molecule has 2 rings (SSSR count). The first-order chi connectivity index (χ1) is 6.84. The number of rotatable bonds is 2. The van der Waals surface area contributed by atoms with Crippen LogP contribution in [0, 0.1) is 6.07 Å². The minimum absolute atomic E-state index is 0.528. The van der Waals surface area contributed by atoms with E-state index in [1.807, 2.05) is 12.1 Å². The van der Waals surface area contributed by atoms with E-state index >= 15 is 0 Å². The van der Waals surface area contributed by atoms with Gasteiger partial charge in [-0.15, -0.1) is 0 Å². The van der Waals surface area contributed by atoms with Crippen molar-refractivity contribution < 1.29 is 4.74 Å². The summed E-state index contributed by atoms with van der Waals surface area (Å²) < 4.78 is 5.44. The quantitative estimate of drug-likeness (QED) is 0.749. The van der Waals surface area contributed by atoms with Crippen LogP contribution in [0.5, 0.6) is 11.6 Å². The van der Waals surface area contributed by atoms with Crippen molar-refractivity contribution in [1.29, 1.82) is 0 Å². The average molecular weight is 205 g/mol. The van der Waals surface area contributed by atoms with Gasteiger partial charge in [-0.25, -0.2) is 4.98 Å². The first-order valence-electron chi connectivity index (χ1n) is 4.10. The van der Waals surface area contributed by atoms with Gasteiger partial charge in [-0.3, -0.25) is 0 Å². The molecule has 2 nitrogen and oxygen atoms in total. The Labute approximate surface area is 87.1 Å². The Bertz CT molecular complexity index is 399. The lowest BCUT2D eigenvalue weighted by atomic mass is 10.3. The molecule has 0 unspecified atom stereocenters. The molecule has 0 N–H and O–H groups in total. The van der Waals surface area contributed by atoms with Crippen molar-refractivity contribution in [2.45, 2.75) is 0 Å². The molecule has 14 heavy (non-hydrogen) atoms. The molecule has 3 heteroatoms. The second kappa shape index (κ2) is 4.11. The second-order valence-corrected chi connectivity index (χ2v) is 3.09. The Morgan fingerprint density at radius 3 is 2.57 bits per heavy atom. The molecule has 1 heterocycles. The zero-order valence-electron chi connectivity index (χ0n) is 7.27. The van der Waals surface area contributed by atoms with Crippen LogP contribution in [-0.4, -0.2) is 4.98 Å². The van der Waals surface area contributed by atoms with Gasteiger partial charge in [0.25, 0.3) is 0 Å². The molecule has 0 saturated heterocycles. The standard InChI is InChI=1S/C11H7ClNO/c12-9-6-7-11(13-8-9)14-10-4-2-1-3-5-10/h2-8H. The van der Waals surface area contributed by atoms with Crippen LogP contribution in [0.2, 0.25) is 5.02 Å². The topological polar surface area (TPSA) is 22.1 Å². The maximum Gasteiger partial charge on any atom is 0.219 e. The average Bonchev–Trinajstić information content (AvgIpc) is 2.23. The zero-order chi connectivity index (χ0) is 9.80. The number of benzene rings is 1. The van der Waals surface area contributed by atoms with E-state index in [0.29, 0.717) is 10.9 Å². The molecule has 1 aromatic heterocycles. The summed E-state index contributed by atoms with van der Waals surface area (Å²) in [5, 5.41) is 0.596. The fourth-order valence-electron chi connectivity index (χ4n) is 0.983. The number of aromatic nitrogens is 1. The molecule has 0 bridgehead atoms. The normalized spacial score (nSPS) is 9.79. The lowest BCUT2D eigenvalue weighted by molar-refractivity contribution is 0.463. The highest BCUT2D eigenvalue weighted by Gasteiger charge is 1.96. The summed E-state index contributed by atoms with van der Waals surface area (Å²) in [5.74, 6) is 1.26. The summed E-state index contributed by atoms with van der Waals surface area (Å²) in [7, 11) is 0. The maximum absolute atomic E-state index is 5.69. The van der Waals surface area contributed by atoms with Crippen molar-refractivity contribution >= 4 is 11.6 Å². The number of ether oxygens (including phenoxy) is 1. The fourth-order valence-corrected chi connectivity index (χ4v) is 1.09. The van der Waals surface area contributed by atoms with Gasteiger partial charge in [0, 0.05) is 12.3 Å². The van der Waals surface area contributed by atoms with Gasteiger partial charge in [-0.1, -0.05) is 23.7 Å². The molecule has 69 valence electrons. The van der Waals surface area contributed by atoms with Gasteiger partial charge in [-0.05, 0) is 24.3 Å². The highest BCUT2D eigenvalue weighted by atomic mass is 35.5. The molecule has 0 spiro atoms. The van der Waals surface area contributed by atoms with Gasteiger partial charge < -0.3 is 4.74 Å². The molecule has 1 radical (unpaired) electrons. The Morgan fingerprint density at radius 2 is 1.93 bits per heavy atom. The summed E-state index contributed by atoms with van der Waals surface area (Å²) in [6, 6.07) is 13.6. The van der Waals surface area contributed by atoms with E-state index in [1.165, 1.54) is 0 Å². The van der Waals surface area contributed by atoms with E-state index < -0.39 is 0 Å². The molecule has 0 aliphatic heterocycles. The molecule has 0 aliphatic rings. The Morgan fingerprint density at radius 1 is 1.14 bits per heavy atom. The molecular formula is C11H7ClNO. The summed E-state index contributed by atoms with van der Waals surface area (Å²) in [5.41, 5.74) is 0. The summed E-state index contributed by atoms with van der Waals surface area (Å²) in [6.07, 6.45) is 1.55. The second-order valence-electron chi connectivity index (χ2n) is 2.65. The van der Waals surface area contributed by atoms with E-state index in [-0.39, 0.29) is 0 Å². The summed E-state index contributed by atoms with van der Waals surface area (Å²) >= 11 is 5.69. The van der Waals surface area contributed by atoms with E-state index in [0.717, 1.165) is 5.75 Å². The van der Waals surface area contributed by atoms with Crippen molar-refractivity contribution in [2.24, 2.45) is 0 Å². The first-order valence-corrected chi connectivity index (χ1v) is 4.48. The van der Waals surface area contributed by atoms with Crippen LogP contribution < -0.4 is 4.74 Å². The minimum atomic E-state index is 0.528. The number of pyridine rings is 1. The van der Waals surface area contributed by atoms with Gasteiger partial charge in [0.1, 0.15) is 5.75 Å². The van der Waals surface area contributed by atoms with Crippen LogP contribution in [0.1, 0.15) is 0 Å². The van der Waals surface area contributed by atoms with Gasteiger partial charge >= 0.3 is 0 Å². The molecular weight excluding hydrogens is 198 g/mol. The lowest BCUT2D eigenvalue weighted by Gasteiger charge is -2.02. The van der Waals surface area contributed by atoms with Crippen molar-refractivity contribution in [2.75, 3.05) is 0 Å². The van der Waals surface area contributed by atoms with Crippen molar-refractivity contribution in [3.8, 4) is 11.6 Å². The van der Waals surface area contributed by atoms with Crippen molar-refractivity contribution in [1.82, 2.24) is 4.98 Å². The van der Waals surface area contributed by atoms with E-state index in [9.17, 15) is 0 Å². The van der Waals surface area contributed by atoms with Crippen LogP contribution in [0.3, 0.4) is 0 Å². The Kier molecular flexibility index (Phi) is 2.65. The van der Waals surface area contributed by atoms with Crippen molar-refractivity contribution in [3.63, 3.8) is 0 Å². The third-order valence-corrected chi connectivity index (χ3v) is 1.83. The summed E-state index contributed by atoms with van der Waals surface area (Å²) in [6.45, 7) is 0. The zero-order valence-corrected chi connectivity index (χ0v) is 8.03. The number of nitrogens with zero attached hydrogens (tertiary/aromatic N) is 1. The number of hydrogen-bond donors (Lipinski definition) is 0. The van der Waals surface area contributed by atoms with Gasteiger partial charge in [0.15, 0.2) is 0 Å². The molecule has 0 atom stereocenters. The molecule has 0 aliphatic carbocycles. The van der Waals surface area contributed by atoms with Gasteiger partial charge in [0.05, 0.1) is 5.02 Å². The SMILES string of the molecule is Clc1ccc(Oc2cc[c]cc2)nc1. The third-order valence-electron chi connectivity index (χ3n) is 1.61. The monoisotopic (exact) mass is 204 g/mol. The van der Waals surface area contributed by atoms with E-state index in [4.69, 9.17) is 16.3 Å². The van der Waals surface area contributed by atoms with E-state index in [2.05, 4.69) is 11.1 Å².